The van der Waals surface area contributed by atoms with Crippen LogP contribution in [0.1, 0.15) is 32.2 Å². The van der Waals surface area contributed by atoms with Gasteiger partial charge in [-0.25, -0.2) is 9.99 Å². The highest BCUT2D eigenvalue weighted by Crippen LogP contribution is 2.31. The van der Waals surface area contributed by atoms with Crippen molar-refractivity contribution in [2.24, 2.45) is 12.1 Å². The topological polar surface area (TPSA) is 97.0 Å². The largest absolute Gasteiger partial charge is 0.508 e. The summed E-state index contributed by atoms with van der Waals surface area (Å²) in [6.45, 7) is 2.22. The number of hydrogen-bond donors (Lipinski definition) is 1. The number of benzene rings is 2. The van der Waals surface area contributed by atoms with Crippen LogP contribution in [0.5, 0.6) is 11.5 Å². The second-order valence-electron chi connectivity index (χ2n) is 7.41. The predicted molar refractivity (Wildman–Crippen MR) is 127 cm³/mol. The van der Waals surface area contributed by atoms with Gasteiger partial charge >= 0.3 is 0 Å². The number of carbonyl (C=O) groups is 2. The van der Waals surface area contributed by atoms with Gasteiger partial charge in [-0.15, -0.1) is 11.3 Å². The first-order valence-corrected chi connectivity index (χ1v) is 10.9. The molecule has 9 heteroatoms. The number of amides is 1. The zero-order chi connectivity index (χ0) is 23.5. The van der Waals surface area contributed by atoms with Crippen molar-refractivity contribution in [1.82, 2.24) is 14.6 Å². The molecule has 0 saturated heterocycles. The highest BCUT2D eigenvalue weighted by Gasteiger charge is 2.21. The first-order valence-electron chi connectivity index (χ1n) is 10.1. The standard InChI is InChI=1S/C24H22N4O4S/c1-15-20(12-25-28(14-29)13-16-6-4-9-19(10-16)32-3)22-23(27(15)2)26-24(33-22)21(31)17-7-5-8-18(30)11-17/h4-12,14,30H,13H2,1-3H3/b25-12-. The van der Waals surface area contributed by atoms with Crippen LogP contribution >= 0.6 is 11.3 Å². The van der Waals surface area contributed by atoms with E-state index in [1.54, 1.807) is 25.5 Å². The fraction of sp³-hybridized carbons (Fsp3) is 0.167. The van der Waals surface area contributed by atoms with Gasteiger partial charge < -0.3 is 14.4 Å². The number of aromatic nitrogens is 2. The number of nitrogens with zero attached hydrogens (tertiary/aromatic N) is 4. The molecule has 4 aromatic rings. The normalized spacial score (nSPS) is 11.2. The second-order valence-corrected chi connectivity index (χ2v) is 8.41. The number of thiazole rings is 1. The molecule has 0 radical (unpaired) electrons. The van der Waals surface area contributed by atoms with Gasteiger partial charge in [-0.2, -0.15) is 5.10 Å². The Morgan fingerprint density at radius 1 is 1.27 bits per heavy atom. The molecule has 0 spiro atoms. The summed E-state index contributed by atoms with van der Waals surface area (Å²) in [6.07, 6.45) is 2.28. The van der Waals surface area contributed by atoms with Crippen molar-refractivity contribution in [2.75, 3.05) is 7.11 Å². The Morgan fingerprint density at radius 2 is 2.06 bits per heavy atom. The van der Waals surface area contributed by atoms with Gasteiger partial charge in [-0.3, -0.25) is 9.59 Å². The van der Waals surface area contributed by atoms with E-state index in [0.717, 1.165) is 21.5 Å². The molecule has 2 aromatic carbocycles. The fourth-order valence-corrected chi connectivity index (χ4v) is 4.55. The number of ketones is 1. The van der Waals surface area contributed by atoms with E-state index in [4.69, 9.17) is 4.74 Å². The molecule has 0 aliphatic heterocycles. The van der Waals surface area contributed by atoms with Gasteiger partial charge in [0.1, 0.15) is 11.5 Å². The summed E-state index contributed by atoms with van der Waals surface area (Å²) >= 11 is 1.26. The molecular weight excluding hydrogens is 440 g/mol. The number of phenolic OH excluding ortho intramolecular Hbond substituents is 1. The van der Waals surface area contributed by atoms with Gasteiger partial charge in [0.05, 0.1) is 24.6 Å². The molecule has 0 bridgehead atoms. The molecule has 0 atom stereocenters. The molecule has 168 valence electrons. The molecule has 0 saturated carbocycles. The van der Waals surface area contributed by atoms with Crippen molar-refractivity contribution in [3.05, 3.63) is 75.9 Å². The number of aromatic hydroxyl groups is 1. The number of hydrogen-bond acceptors (Lipinski definition) is 7. The maximum absolute atomic E-state index is 12.9. The number of methoxy groups -OCH3 is 1. The van der Waals surface area contributed by atoms with Crippen molar-refractivity contribution >= 4 is 40.1 Å². The molecule has 8 nitrogen and oxygen atoms in total. The Kier molecular flexibility index (Phi) is 6.23. The molecule has 33 heavy (non-hydrogen) atoms. The lowest BCUT2D eigenvalue weighted by atomic mass is 10.1. The summed E-state index contributed by atoms with van der Waals surface area (Å²) in [5.74, 6) is 0.465. The van der Waals surface area contributed by atoms with E-state index in [-0.39, 0.29) is 18.1 Å². The first kappa shape index (κ1) is 22.2. The zero-order valence-electron chi connectivity index (χ0n) is 18.3. The number of carbonyl (C=O) groups excluding carboxylic acids is 2. The third kappa shape index (κ3) is 4.49. The van der Waals surface area contributed by atoms with Crippen LogP contribution < -0.4 is 4.74 Å². The second kappa shape index (κ2) is 9.25. The van der Waals surface area contributed by atoms with Gasteiger partial charge in [0.2, 0.25) is 12.2 Å². The van der Waals surface area contributed by atoms with E-state index in [0.29, 0.717) is 28.4 Å². The number of phenols is 1. The average molecular weight is 463 g/mol. The van der Waals surface area contributed by atoms with Crippen LogP contribution in [-0.2, 0) is 18.4 Å². The summed E-state index contributed by atoms with van der Waals surface area (Å²) in [6, 6.07) is 13.6. The molecule has 0 unspecified atom stereocenters. The van der Waals surface area contributed by atoms with E-state index < -0.39 is 0 Å². The highest BCUT2D eigenvalue weighted by atomic mass is 32.1. The first-order chi connectivity index (χ1) is 15.9. The molecule has 4 rings (SSSR count). The van der Waals surface area contributed by atoms with Crippen LogP contribution in [0.2, 0.25) is 0 Å². The maximum Gasteiger partial charge on any atom is 0.230 e. The van der Waals surface area contributed by atoms with Crippen molar-refractivity contribution < 1.29 is 19.4 Å². The van der Waals surface area contributed by atoms with Crippen molar-refractivity contribution in [3.8, 4) is 11.5 Å². The van der Waals surface area contributed by atoms with E-state index in [9.17, 15) is 14.7 Å². The van der Waals surface area contributed by atoms with Crippen molar-refractivity contribution in [1.29, 1.82) is 0 Å². The Bertz CT molecular complexity index is 1370. The number of rotatable bonds is 8. The smallest absolute Gasteiger partial charge is 0.230 e. The minimum atomic E-state index is -0.264. The van der Waals surface area contributed by atoms with Crippen LogP contribution in [0.4, 0.5) is 0 Å². The summed E-state index contributed by atoms with van der Waals surface area (Å²) < 4.78 is 7.92. The Hall–Kier alpha value is -3.98. The van der Waals surface area contributed by atoms with Gasteiger partial charge in [-0.05, 0) is 36.8 Å². The summed E-state index contributed by atoms with van der Waals surface area (Å²) in [4.78, 5) is 29.0. The zero-order valence-corrected chi connectivity index (χ0v) is 19.2. The SMILES string of the molecule is COc1cccc(CN(C=O)/N=C\c2c(C)n(C)c3nc(C(=O)c4cccc(O)c4)sc23)c1. The lowest BCUT2D eigenvalue weighted by Crippen LogP contribution is -2.15. The molecule has 0 aliphatic carbocycles. The minimum Gasteiger partial charge on any atom is -0.508 e. The third-order valence-corrected chi connectivity index (χ3v) is 6.38. The summed E-state index contributed by atoms with van der Waals surface area (Å²) in [5, 5.41) is 15.7. The molecule has 1 N–H and O–H groups in total. The Morgan fingerprint density at radius 3 is 2.79 bits per heavy atom. The fourth-order valence-electron chi connectivity index (χ4n) is 3.43. The van der Waals surface area contributed by atoms with Crippen molar-refractivity contribution in [2.45, 2.75) is 13.5 Å². The van der Waals surface area contributed by atoms with E-state index in [2.05, 4.69) is 10.1 Å². The maximum atomic E-state index is 12.9. The number of fused-ring (bicyclic) bond motifs is 1. The van der Waals surface area contributed by atoms with Crippen LogP contribution in [0.3, 0.4) is 0 Å². The summed E-state index contributed by atoms with van der Waals surface area (Å²) in [7, 11) is 3.46. The molecule has 0 aliphatic rings. The number of aryl methyl sites for hydroxylation is 1. The Labute approximate surface area is 194 Å². The van der Waals surface area contributed by atoms with Crippen LogP contribution in [0.25, 0.3) is 10.3 Å². The van der Waals surface area contributed by atoms with Crippen LogP contribution in [0.15, 0.2) is 53.6 Å². The van der Waals surface area contributed by atoms with Gasteiger partial charge in [0, 0.05) is 23.9 Å². The minimum absolute atomic E-state index is 0.0237. The molecule has 1 amide bonds. The monoisotopic (exact) mass is 462 g/mol. The average Bonchev–Trinajstić information content (AvgIpc) is 3.35. The number of ether oxygens (including phenoxy) is 1. The van der Waals surface area contributed by atoms with Crippen LogP contribution in [-0.4, -0.2) is 45.2 Å². The molecule has 2 heterocycles. The van der Waals surface area contributed by atoms with E-state index in [1.807, 2.05) is 42.8 Å². The molecule has 0 fully saturated rings. The van der Waals surface area contributed by atoms with E-state index >= 15 is 0 Å². The van der Waals surface area contributed by atoms with Crippen molar-refractivity contribution in [3.63, 3.8) is 0 Å². The molecular formula is C24H22N4O4S. The van der Waals surface area contributed by atoms with Gasteiger partial charge in [0.25, 0.3) is 0 Å². The highest BCUT2D eigenvalue weighted by molar-refractivity contribution is 7.20. The van der Waals surface area contributed by atoms with Crippen LogP contribution in [0, 0.1) is 6.92 Å². The summed E-state index contributed by atoms with van der Waals surface area (Å²) in [5.41, 5.74) is 3.61. The third-order valence-electron chi connectivity index (χ3n) is 5.30. The number of hydrazone groups is 1. The molecule has 2 aromatic heterocycles. The lowest BCUT2D eigenvalue weighted by molar-refractivity contribution is -0.118. The lowest BCUT2D eigenvalue weighted by Gasteiger charge is -2.11. The van der Waals surface area contributed by atoms with E-state index in [1.165, 1.54) is 28.5 Å². The Balaban J connectivity index is 1.64. The quantitative estimate of drug-likeness (QED) is 0.186. The predicted octanol–water partition coefficient (Wildman–Crippen LogP) is 3.88. The van der Waals surface area contributed by atoms with Gasteiger partial charge in [-0.1, -0.05) is 24.3 Å². The van der Waals surface area contributed by atoms with Gasteiger partial charge in [0.15, 0.2) is 10.7 Å².